The lowest BCUT2D eigenvalue weighted by Gasteiger charge is -2.29. The molecule has 2 aliphatic rings. The molecule has 110 valence electrons. The van der Waals surface area contributed by atoms with Gasteiger partial charge in [-0.25, -0.2) is 4.39 Å². The van der Waals surface area contributed by atoms with Gasteiger partial charge >= 0.3 is 0 Å². The number of nitrogens with one attached hydrogen (secondary N) is 1. The first-order valence-corrected chi connectivity index (χ1v) is 7.72. The predicted molar refractivity (Wildman–Crippen MR) is 81.5 cm³/mol. The standard InChI is InChI=1S/C17H25FN2/c1-17(2,3)19-10-12-5-7-16(15(18)9-12)20-11-13-4-6-14(20)8-13/h5,7,9,13-14,19H,4,6,8,10-11H2,1-3H3. The largest absolute Gasteiger partial charge is 0.366 e. The van der Waals surface area contributed by atoms with Crippen molar-refractivity contribution < 1.29 is 4.39 Å². The molecule has 1 saturated heterocycles. The van der Waals surface area contributed by atoms with Crippen LogP contribution in [-0.4, -0.2) is 18.1 Å². The van der Waals surface area contributed by atoms with Crippen molar-refractivity contribution in [1.82, 2.24) is 5.32 Å². The van der Waals surface area contributed by atoms with Crippen LogP contribution in [0.3, 0.4) is 0 Å². The Morgan fingerprint density at radius 2 is 2.10 bits per heavy atom. The summed E-state index contributed by atoms with van der Waals surface area (Å²) in [5.41, 5.74) is 1.88. The number of nitrogens with zero attached hydrogens (tertiary/aromatic N) is 1. The van der Waals surface area contributed by atoms with Crippen LogP contribution >= 0.6 is 0 Å². The number of rotatable bonds is 3. The molecule has 3 heteroatoms. The van der Waals surface area contributed by atoms with Crippen LogP contribution in [0.5, 0.6) is 0 Å². The zero-order chi connectivity index (χ0) is 14.3. The molecule has 2 bridgehead atoms. The summed E-state index contributed by atoms with van der Waals surface area (Å²) < 4.78 is 14.4. The van der Waals surface area contributed by atoms with Crippen molar-refractivity contribution in [3.05, 3.63) is 29.6 Å². The Hall–Kier alpha value is -1.09. The molecule has 20 heavy (non-hydrogen) atoms. The molecule has 1 heterocycles. The molecular formula is C17H25FN2. The average molecular weight is 276 g/mol. The zero-order valence-corrected chi connectivity index (χ0v) is 12.7. The minimum Gasteiger partial charge on any atom is -0.366 e. The van der Waals surface area contributed by atoms with Crippen molar-refractivity contribution in [2.45, 2.75) is 58.2 Å². The minimum atomic E-state index is -0.0641. The molecule has 2 unspecified atom stereocenters. The summed E-state index contributed by atoms with van der Waals surface area (Å²) >= 11 is 0. The van der Waals surface area contributed by atoms with Gasteiger partial charge in [0.05, 0.1) is 5.69 Å². The van der Waals surface area contributed by atoms with E-state index < -0.39 is 0 Å². The summed E-state index contributed by atoms with van der Waals surface area (Å²) in [4.78, 5) is 2.28. The maximum absolute atomic E-state index is 14.4. The lowest BCUT2D eigenvalue weighted by atomic mass is 10.1. The average Bonchev–Trinajstić information content (AvgIpc) is 2.98. The summed E-state index contributed by atoms with van der Waals surface area (Å²) in [7, 11) is 0. The molecule has 1 N–H and O–H groups in total. The van der Waals surface area contributed by atoms with Crippen molar-refractivity contribution in [1.29, 1.82) is 0 Å². The van der Waals surface area contributed by atoms with Crippen molar-refractivity contribution in [2.24, 2.45) is 5.92 Å². The predicted octanol–water partition coefficient (Wildman–Crippen LogP) is 3.70. The summed E-state index contributed by atoms with van der Waals surface area (Å²) in [6.07, 6.45) is 3.82. The van der Waals surface area contributed by atoms with E-state index in [1.165, 1.54) is 19.3 Å². The van der Waals surface area contributed by atoms with Crippen LogP contribution in [0.25, 0.3) is 0 Å². The third-order valence-corrected chi connectivity index (χ3v) is 4.55. The summed E-state index contributed by atoms with van der Waals surface area (Å²) in [6.45, 7) is 8.13. The molecule has 2 fully saturated rings. The second kappa shape index (κ2) is 5.03. The van der Waals surface area contributed by atoms with Gasteiger partial charge in [-0.3, -0.25) is 0 Å². The van der Waals surface area contributed by atoms with E-state index in [1.807, 2.05) is 6.07 Å². The number of hydrogen-bond acceptors (Lipinski definition) is 2. The Morgan fingerprint density at radius 3 is 2.65 bits per heavy atom. The number of piperidine rings is 1. The molecule has 2 atom stereocenters. The van der Waals surface area contributed by atoms with E-state index in [0.29, 0.717) is 12.6 Å². The molecule has 0 aromatic heterocycles. The van der Waals surface area contributed by atoms with Gasteiger partial charge in [-0.2, -0.15) is 0 Å². The normalized spacial score (nSPS) is 25.5. The summed E-state index contributed by atoms with van der Waals surface area (Å²) in [6, 6.07) is 6.30. The van der Waals surface area contributed by atoms with E-state index in [2.05, 4.69) is 37.1 Å². The topological polar surface area (TPSA) is 15.3 Å². The van der Waals surface area contributed by atoms with Crippen molar-refractivity contribution >= 4 is 5.69 Å². The van der Waals surface area contributed by atoms with E-state index in [0.717, 1.165) is 23.7 Å². The fraction of sp³-hybridized carbons (Fsp3) is 0.647. The van der Waals surface area contributed by atoms with Crippen LogP contribution < -0.4 is 10.2 Å². The van der Waals surface area contributed by atoms with Crippen molar-refractivity contribution in [2.75, 3.05) is 11.4 Å². The lowest BCUT2D eigenvalue weighted by molar-refractivity contribution is 0.423. The van der Waals surface area contributed by atoms with E-state index in [1.54, 1.807) is 6.07 Å². The van der Waals surface area contributed by atoms with Crippen LogP contribution in [0.1, 0.15) is 45.6 Å². The van der Waals surface area contributed by atoms with E-state index in [4.69, 9.17) is 0 Å². The number of halogens is 1. The highest BCUT2D eigenvalue weighted by atomic mass is 19.1. The number of fused-ring (bicyclic) bond motifs is 2. The van der Waals surface area contributed by atoms with Gasteiger partial charge in [0.25, 0.3) is 0 Å². The maximum atomic E-state index is 14.4. The molecule has 1 aromatic rings. The Labute approximate surface area is 121 Å². The van der Waals surface area contributed by atoms with Crippen molar-refractivity contribution in [3.8, 4) is 0 Å². The fourth-order valence-electron chi connectivity index (χ4n) is 3.48. The van der Waals surface area contributed by atoms with E-state index >= 15 is 0 Å². The minimum absolute atomic E-state index is 0.0588. The number of anilines is 1. The molecule has 1 aliphatic heterocycles. The quantitative estimate of drug-likeness (QED) is 0.905. The summed E-state index contributed by atoms with van der Waals surface area (Å²) in [5, 5.41) is 3.40. The third-order valence-electron chi connectivity index (χ3n) is 4.55. The second-order valence-electron chi connectivity index (χ2n) is 7.37. The number of hydrogen-bond donors (Lipinski definition) is 1. The van der Waals surface area contributed by atoms with Crippen LogP contribution in [0.15, 0.2) is 18.2 Å². The molecule has 1 saturated carbocycles. The van der Waals surface area contributed by atoms with Gasteiger partial charge in [0, 0.05) is 24.7 Å². The first kappa shape index (κ1) is 13.9. The Bertz CT molecular complexity index is 492. The highest BCUT2D eigenvalue weighted by Gasteiger charge is 2.38. The summed E-state index contributed by atoms with van der Waals surface area (Å²) in [5.74, 6) is 0.729. The van der Waals surface area contributed by atoms with Gasteiger partial charge < -0.3 is 10.2 Å². The van der Waals surface area contributed by atoms with E-state index in [9.17, 15) is 4.39 Å². The molecule has 1 aromatic carbocycles. The molecule has 0 amide bonds. The van der Waals surface area contributed by atoms with E-state index in [-0.39, 0.29) is 11.4 Å². The first-order valence-electron chi connectivity index (χ1n) is 7.72. The number of benzene rings is 1. The maximum Gasteiger partial charge on any atom is 0.146 e. The molecule has 2 nitrogen and oxygen atoms in total. The molecule has 1 aliphatic carbocycles. The van der Waals surface area contributed by atoms with Gasteiger partial charge in [-0.05, 0) is 63.6 Å². The fourth-order valence-corrected chi connectivity index (χ4v) is 3.48. The SMILES string of the molecule is CC(C)(C)NCc1ccc(N2CC3CCC2C3)c(F)c1. The first-order chi connectivity index (χ1) is 9.42. The molecule has 0 radical (unpaired) electrons. The highest BCUT2D eigenvalue weighted by molar-refractivity contribution is 5.51. The Kier molecular flexibility index (Phi) is 3.49. The second-order valence-corrected chi connectivity index (χ2v) is 7.37. The Morgan fingerprint density at radius 1 is 1.30 bits per heavy atom. The smallest absolute Gasteiger partial charge is 0.146 e. The lowest BCUT2D eigenvalue weighted by Crippen LogP contribution is -2.35. The van der Waals surface area contributed by atoms with Crippen LogP contribution in [0, 0.1) is 11.7 Å². The van der Waals surface area contributed by atoms with Gasteiger partial charge in [-0.15, -0.1) is 0 Å². The van der Waals surface area contributed by atoms with Crippen molar-refractivity contribution in [3.63, 3.8) is 0 Å². The monoisotopic (exact) mass is 276 g/mol. The third kappa shape index (κ3) is 2.83. The van der Waals surface area contributed by atoms with Gasteiger partial charge in [0.2, 0.25) is 0 Å². The Balaban J connectivity index is 1.71. The van der Waals surface area contributed by atoms with Gasteiger partial charge in [-0.1, -0.05) is 6.07 Å². The molecule has 0 spiro atoms. The molecule has 3 rings (SSSR count). The highest BCUT2D eigenvalue weighted by Crippen LogP contribution is 2.40. The van der Waals surface area contributed by atoms with Gasteiger partial charge in [0.1, 0.15) is 5.82 Å². The van der Waals surface area contributed by atoms with Crippen LogP contribution in [-0.2, 0) is 6.54 Å². The van der Waals surface area contributed by atoms with Gasteiger partial charge in [0.15, 0.2) is 0 Å². The molecular weight excluding hydrogens is 251 g/mol. The van der Waals surface area contributed by atoms with Crippen LogP contribution in [0.4, 0.5) is 10.1 Å². The zero-order valence-electron chi connectivity index (χ0n) is 12.7. The van der Waals surface area contributed by atoms with Crippen LogP contribution in [0.2, 0.25) is 0 Å².